The standard InChI is InChI=1S/C15H22BrNO2/c1-4-7-8-19-15-13(16)9-12(11-17-5-2)10-14(15)18-6-3/h4,7,9-10,17H,5-6,8,11H2,1-3H3/b7-4+. The quantitative estimate of drug-likeness (QED) is 0.734. The van der Waals surface area contributed by atoms with Gasteiger partial charge in [0, 0.05) is 6.54 Å². The third kappa shape index (κ3) is 5.25. The highest BCUT2D eigenvalue weighted by atomic mass is 79.9. The average Bonchev–Trinajstić information content (AvgIpc) is 2.40. The summed E-state index contributed by atoms with van der Waals surface area (Å²) >= 11 is 3.56. The molecule has 1 aromatic carbocycles. The van der Waals surface area contributed by atoms with E-state index in [2.05, 4.69) is 34.2 Å². The number of hydrogen-bond donors (Lipinski definition) is 1. The van der Waals surface area contributed by atoms with Crippen LogP contribution in [-0.2, 0) is 6.54 Å². The first kappa shape index (κ1) is 16.1. The summed E-state index contributed by atoms with van der Waals surface area (Å²) in [6.45, 7) is 8.97. The topological polar surface area (TPSA) is 30.5 Å². The second kappa shape index (κ2) is 8.99. The Morgan fingerprint density at radius 3 is 2.68 bits per heavy atom. The summed E-state index contributed by atoms with van der Waals surface area (Å²) < 4.78 is 12.3. The largest absolute Gasteiger partial charge is 0.490 e. The minimum Gasteiger partial charge on any atom is -0.490 e. The smallest absolute Gasteiger partial charge is 0.175 e. The molecule has 0 amide bonds. The van der Waals surface area contributed by atoms with Crippen LogP contribution in [0.5, 0.6) is 11.5 Å². The number of allylic oxidation sites excluding steroid dienone is 1. The fourth-order valence-corrected chi connectivity index (χ4v) is 2.23. The molecule has 4 heteroatoms. The third-order valence-electron chi connectivity index (χ3n) is 2.51. The summed E-state index contributed by atoms with van der Waals surface area (Å²) in [4.78, 5) is 0. The predicted molar refractivity (Wildman–Crippen MR) is 83.0 cm³/mol. The van der Waals surface area contributed by atoms with E-state index in [0.717, 1.165) is 29.1 Å². The van der Waals surface area contributed by atoms with Crippen molar-refractivity contribution in [3.8, 4) is 11.5 Å². The molecular weight excluding hydrogens is 306 g/mol. The highest BCUT2D eigenvalue weighted by Crippen LogP contribution is 2.37. The summed E-state index contributed by atoms with van der Waals surface area (Å²) in [6, 6.07) is 4.10. The molecular formula is C15H22BrNO2. The van der Waals surface area contributed by atoms with Crippen molar-refractivity contribution in [2.45, 2.75) is 27.3 Å². The van der Waals surface area contributed by atoms with Crippen LogP contribution in [0.25, 0.3) is 0 Å². The minimum atomic E-state index is 0.543. The van der Waals surface area contributed by atoms with Crippen molar-refractivity contribution in [1.29, 1.82) is 0 Å². The molecule has 1 aromatic rings. The summed E-state index contributed by atoms with van der Waals surface area (Å²) in [5, 5.41) is 3.30. The van der Waals surface area contributed by atoms with Gasteiger partial charge in [0.05, 0.1) is 11.1 Å². The van der Waals surface area contributed by atoms with Crippen LogP contribution in [0.2, 0.25) is 0 Å². The van der Waals surface area contributed by atoms with E-state index < -0.39 is 0 Å². The van der Waals surface area contributed by atoms with Crippen molar-refractivity contribution in [3.63, 3.8) is 0 Å². The lowest BCUT2D eigenvalue weighted by atomic mass is 10.2. The van der Waals surface area contributed by atoms with E-state index in [1.165, 1.54) is 5.56 Å². The zero-order chi connectivity index (χ0) is 14.1. The molecule has 1 rings (SSSR count). The second-order valence-corrected chi connectivity index (χ2v) is 4.85. The Hall–Kier alpha value is -1.00. The van der Waals surface area contributed by atoms with E-state index in [0.29, 0.717) is 13.2 Å². The van der Waals surface area contributed by atoms with Gasteiger partial charge in [0.1, 0.15) is 6.61 Å². The molecule has 106 valence electrons. The van der Waals surface area contributed by atoms with Crippen molar-refractivity contribution in [2.24, 2.45) is 0 Å². The summed E-state index contributed by atoms with van der Waals surface area (Å²) in [5.74, 6) is 1.55. The zero-order valence-corrected chi connectivity index (χ0v) is 13.4. The molecule has 0 unspecified atom stereocenters. The van der Waals surface area contributed by atoms with Gasteiger partial charge < -0.3 is 14.8 Å². The van der Waals surface area contributed by atoms with Gasteiger partial charge in [0.2, 0.25) is 0 Å². The van der Waals surface area contributed by atoms with E-state index >= 15 is 0 Å². The molecule has 0 aliphatic heterocycles. The molecule has 0 aliphatic carbocycles. The van der Waals surface area contributed by atoms with E-state index in [9.17, 15) is 0 Å². The van der Waals surface area contributed by atoms with E-state index in [-0.39, 0.29) is 0 Å². The number of ether oxygens (including phenoxy) is 2. The number of benzene rings is 1. The van der Waals surface area contributed by atoms with Gasteiger partial charge in [-0.25, -0.2) is 0 Å². The maximum atomic E-state index is 5.74. The molecule has 0 aliphatic rings. The fraction of sp³-hybridized carbons (Fsp3) is 0.467. The van der Waals surface area contributed by atoms with Gasteiger partial charge in [-0.3, -0.25) is 0 Å². The highest BCUT2D eigenvalue weighted by Gasteiger charge is 2.11. The van der Waals surface area contributed by atoms with Gasteiger partial charge in [0.25, 0.3) is 0 Å². The average molecular weight is 328 g/mol. The molecule has 0 aromatic heterocycles. The molecule has 0 radical (unpaired) electrons. The number of hydrogen-bond acceptors (Lipinski definition) is 3. The Kier molecular flexibility index (Phi) is 7.60. The van der Waals surface area contributed by atoms with Crippen molar-refractivity contribution >= 4 is 15.9 Å². The first-order valence-electron chi connectivity index (χ1n) is 6.62. The van der Waals surface area contributed by atoms with Gasteiger partial charge in [-0.1, -0.05) is 19.1 Å². The van der Waals surface area contributed by atoms with E-state index in [4.69, 9.17) is 9.47 Å². The Bertz CT molecular complexity index is 419. The molecule has 0 bridgehead atoms. The molecule has 1 N–H and O–H groups in total. The maximum Gasteiger partial charge on any atom is 0.175 e. The SMILES string of the molecule is C/C=C/COc1c(Br)cc(CNCC)cc1OCC. The van der Waals surface area contributed by atoms with Crippen LogP contribution < -0.4 is 14.8 Å². The Morgan fingerprint density at radius 1 is 1.26 bits per heavy atom. The molecule has 0 saturated heterocycles. The molecule has 0 spiro atoms. The number of rotatable bonds is 8. The van der Waals surface area contributed by atoms with E-state index in [1.54, 1.807) is 0 Å². The van der Waals surface area contributed by atoms with Crippen LogP contribution in [0.4, 0.5) is 0 Å². The minimum absolute atomic E-state index is 0.543. The van der Waals surface area contributed by atoms with Crippen molar-refractivity contribution in [1.82, 2.24) is 5.32 Å². The highest BCUT2D eigenvalue weighted by molar-refractivity contribution is 9.10. The van der Waals surface area contributed by atoms with Crippen molar-refractivity contribution in [3.05, 3.63) is 34.3 Å². The first-order chi connectivity index (χ1) is 9.22. The van der Waals surface area contributed by atoms with Crippen LogP contribution in [0.3, 0.4) is 0 Å². The summed E-state index contributed by atoms with van der Waals surface area (Å²) in [6.07, 6.45) is 3.93. The first-order valence-corrected chi connectivity index (χ1v) is 7.42. The van der Waals surface area contributed by atoms with Gasteiger partial charge >= 0.3 is 0 Å². The summed E-state index contributed by atoms with van der Waals surface area (Å²) in [7, 11) is 0. The maximum absolute atomic E-state index is 5.74. The number of halogens is 1. The molecule has 0 fully saturated rings. The third-order valence-corrected chi connectivity index (χ3v) is 3.10. The molecule has 3 nitrogen and oxygen atoms in total. The Balaban J connectivity index is 2.93. The molecule has 0 heterocycles. The summed E-state index contributed by atoms with van der Waals surface area (Å²) in [5.41, 5.74) is 1.18. The molecule has 0 saturated carbocycles. The second-order valence-electron chi connectivity index (χ2n) is 4.00. The monoisotopic (exact) mass is 327 g/mol. The van der Waals surface area contributed by atoms with Gasteiger partial charge in [-0.15, -0.1) is 0 Å². The van der Waals surface area contributed by atoms with Gasteiger partial charge in [-0.2, -0.15) is 0 Å². The lowest BCUT2D eigenvalue weighted by Gasteiger charge is -2.15. The molecule has 19 heavy (non-hydrogen) atoms. The molecule has 0 atom stereocenters. The fourth-order valence-electron chi connectivity index (χ4n) is 1.62. The predicted octanol–water partition coefficient (Wildman–Crippen LogP) is 3.91. The van der Waals surface area contributed by atoms with Crippen molar-refractivity contribution in [2.75, 3.05) is 19.8 Å². The van der Waals surface area contributed by atoms with Crippen LogP contribution in [0.1, 0.15) is 26.3 Å². The van der Waals surface area contributed by atoms with E-state index in [1.807, 2.05) is 32.1 Å². The Morgan fingerprint density at radius 2 is 2.05 bits per heavy atom. The van der Waals surface area contributed by atoms with Crippen LogP contribution >= 0.6 is 15.9 Å². The van der Waals surface area contributed by atoms with Crippen LogP contribution in [0.15, 0.2) is 28.8 Å². The van der Waals surface area contributed by atoms with Gasteiger partial charge in [0.15, 0.2) is 11.5 Å². The van der Waals surface area contributed by atoms with Crippen LogP contribution in [-0.4, -0.2) is 19.8 Å². The normalized spacial score (nSPS) is 10.9. The lowest BCUT2D eigenvalue weighted by Crippen LogP contribution is -2.12. The number of nitrogens with one attached hydrogen (secondary N) is 1. The zero-order valence-electron chi connectivity index (χ0n) is 11.8. The van der Waals surface area contributed by atoms with Crippen LogP contribution in [0, 0.1) is 0 Å². The lowest BCUT2D eigenvalue weighted by molar-refractivity contribution is 0.295. The van der Waals surface area contributed by atoms with Gasteiger partial charge in [-0.05, 0) is 54.0 Å². The van der Waals surface area contributed by atoms with Crippen molar-refractivity contribution < 1.29 is 9.47 Å². The Labute approximate surface area is 124 Å².